The molecule has 9 nitrogen and oxygen atoms in total. The Bertz CT molecular complexity index is 1900. The first-order valence-electron chi connectivity index (χ1n) is 13.8. The van der Waals surface area contributed by atoms with Crippen molar-refractivity contribution in [3.8, 4) is 11.5 Å². The van der Waals surface area contributed by atoms with Crippen LogP contribution in [0.3, 0.4) is 0 Å². The highest BCUT2D eigenvalue weighted by Gasteiger charge is 2.35. The molecule has 44 heavy (non-hydrogen) atoms. The Hall–Kier alpha value is -4.67. The average molecular weight is 633 g/mol. The number of methoxy groups -OCH3 is 1. The summed E-state index contributed by atoms with van der Waals surface area (Å²) in [5.74, 6) is -0.124. The highest BCUT2D eigenvalue weighted by atomic mass is 35.5. The number of carbonyl (C=O) groups is 2. The van der Waals surface area contributed by atoms with E-state index in [1.165, 1.54) is 4.57 Å². The summed E-state index contributed by atoms with van der Waals surface area (Å²) in [6.45, 7) is 3.50. The van der Waals surface area contributed by atoms with Crippen molar-refractivity contribution in [1.82, 2.24) is 4.57 Å². The van der Waals surface area contributed by atoms with Crippen molar-refractivity contribution in [3.05, 3.63) is 120 Å². The van der Waals surface area contributed by atoms with Crippen molar-refractivity contribution in [2.24, 2.45) is 4.99 Å². The van der Waals surface area contributed by atoms with E-state index in [0.29, 0.717) is 48.2 Å². The van der Waals surface area contributed by atoms with Gasteiger partial charge < -0.3 is 18.9 Å². The molecule has 0 amide bonds. The average Bonchev–Trinajstić information content (AvgIpc) is 3.34. The van der Waals surface area contributed by atoms with Crippen molar-refractivity contribution in [3.63, 3.8) is 0 Å². The number of fused-ring (bicyclic) bond motifs is 1. The van der Waals surface area contributed by atoms with Crippen LogP contribution < -0.4 is 24.4 Å². The molecule has 4 aromatic rings. The van der Waals surface area contributed by atoms with Gasteiger partial charge in [0.05, 0.1) is 42.2 Å². The van der Waals surface area contributed by atoms with Gasteiger partial charge in [0.15, 0.2) is 11.4 Å². The highest BCUT2D eigenvalue weighted by Crippen LogP contribution is 2.35. The molecule has 0 saturated heterocycles. The van der Waals surface area contributed by atoms with Crippen LogP contribution in [-0.4, -0.2) is 43.4 Å². The smallest absolute Gasteiger partial charge is 0.344 e. The van der Waals surface area contributed by atoms with Gasteiger partial charge in [0.2, 0.25) is 0 Å². The van der Waals surface area contributed by atoms with Crippen LogP contribution in [0.15, 0.2) is 88.2 Å². The number of nitrogens with zero attached hydrogens (tertiary/aromatic N) is 2. The Morgan fingerprint density at radius 1 is 1.00 bits per heavy atom. The molecule has 2 heterocycles. The number of ether oxygens (including phenoxy) is 4. The number of hydrogen-bond acceptors (Lipinski definition) is 9. The minimum Gasteiger partial charge on any atom is -0.497 e. The lowest BCUT2D eigenvalue weighted by Gasteiger charge is -2.26. The standard InChI is InChI=1S/C33H29ClN2O7S/c1-4-41-27(37)19-43-25-16-13-23(34)17-22(25)18-26-31(38)36-30(21-11-14-24(40-3)15-12-21)28(32(39)42-5-2)29(35-33(36)44-26)20-9-7-6-8-10-20/h6-18,30H,4-5,19H2,1-3H3/b26-18-/t30-/m0/s1. The SMILES string of the molecule is CCOC(=O)COc1ccc(Cl)cc1/C=c1\sc2n(c1=O)[C@@H](c1ccc(OC)cc1)C(C(=O)OCC)=C(c1ccccc1)N=2. The Morgan fingerprint density at radius 3 is 2.41 bits per heavy atom. The van der Waals surface area contributed by atoms with Crippen LogP contribution in [0.1, 0.15) is 36.6 Å². The molecule has 226 valence electrons. The van der Waals surface area contributed by atoms with Gasteiger partial charge in [-0.1, -0.05) is 65.4 Å². The predicted molar refractivity (Wildman–Crippen MR) is 168 cm³/mol. The van der Waals surface area contributed by atoms with E-state index in [4.69, 9.17) is 35.5 Å². The third-order valence-corrected chi connectivity index (χ3v) is 7.93. The van der Waals surface area contributed by atoms with Gasteiger partial charge in [-0.2, -0.15) is 0 Å². The van der Waals surface area contributed by atoms with E-state index in [2.05, 4.69) is 0 Å². The summed E-state index contributed by atoms with van der Waals surface area (Å²) in [5, 5.41) is 0.416. The molecule has 5 rings (SSSR count). The van der Waals surface area contributed by atoms with E-state index < -0.39 is 18.0 Å². The summed E-state index contributed by atoms with van der Waals surface area (Å²) in [5.41, 5.74) is 2.14. The summed E-state index contributed by atoms with van der Waals surface area (Å²) >= 11 is 7.46. The lowest BCUT2D eigenvalue weighted by Crippen LogP contribution is -2.40. The molecule has 0 saturated carbocycles. The zero-order chi connectivity index (χ0) is 31.2. The maximum Gasteiger partial charge on any atom is 0.344 e. The van der Waals surface area contributed by atoms with Gasteiger partial charge in [0, 0.05) is 16.1 Å². The van der Waals surface area contributed by atoms with E-state index in [1.807, 2.05) is 42.5 Å². The number of aromatic nitrogens is 1. The maximum atomic E-state index is 14.2. The van der Waals surface area contributed by atoms with Crippen LogP contribution in [0.2, 0.25) is 5.02 Å². The van der Waals surface area contributed by atoms with Crippen molar-refractivity contribution >= 4 is 46.6 Å². The lowest BCUT2D eigenvalue weighted by atomic mass is 9.93. The number of halogens is 1. The Morgan fingerprint density at radius 2 is 1.73 bits per heavy atom. The fourth-order valence-electron chi connectivity index (χ4n) is 4.79. The number of hydrogen-bond donors (Lipinski definition) is 0. The van der Waals surface area contributed by atoms with Gasteiger partial charge in [-0.3, -0.25) is 9.36 Å². The lowest BCUT2D eigenvalue weighted by molar-refractivity contribution is -0.145. The van der Waals surface area contributed by atoms with Crippen LogP contribution in [0.4, 0.5) is 0 Å². The molecular weight excluding hydrogens is 604 g/mol. The molecule has 0 radical (unpaired) electrons. The molecule has 1 aliphatic heterocycles. The first-order chi connectivity index (χ1) is 21.3. The summed E-state index contributed by atoms with van der Waals surface area (Å²) in [6, 6.07) is 20.5. The summed E-state index contributed by atoms with van der Waals surface area (Å²) < 4.78 is 23.4. The van der Waals surface area contributed by atoms with Gasteiger partial charge in [-0.15, -0.1) is 0 Å². The van der Waals surface area contributed by atoms with Crippen LogP contribution in [0.5, 0.6) is 11.5 Å². The van der Waals surface area contributed by atoms with Crippen LogP contribution in [0.25, 0.3) is 11.8 Å². The molecule has 1 atom stereocenters. The van der Waals surface area contributed by atoms with Crippen molar-refractivity contribution in [2.75, 3.05) is 26.9 Å². The van der Waals surface area contributed by atoms with E-state index in [0.717, 1.165) is 11.3 Å². The van der Waals surface area contributed by atoms with Gasteiger partial charge >= 0.3 is 11.9 Å². The van der Waals surface area contributed by atoms with Gasteiger partial charge in [-0.05, 0) is 55.8 Å². The monoisotopic (exact) mass is 632 g/mol. The van der Waals surface area contributed by atoms with Gasteiger partial charge in [-0.25, -0.2) is 14.6 Å². The summed E-state index contributed by atoms with van der Waals surface area (Å²) in [7, 11) is 1.57. The highest BCUT2D eigenvalue weighted by molar-refractivity contribution is 7.07. The minimum atomic E-state index is -0.840. The van der Waals surface area contributed by atoms with E-state index in [1.54, 1.807) is 57.4 Å². The third kappa shape index (κ3) is 6.46. The Kier molecular flexibility index (Phi) is 9.62. The van der Waals surface area contributed by atoms with Gasteiger partial charge in [0.25, 0.3) is 5.56 Å². The first kappa shape index (κ1) is 30.8. The molecule has 1 aromatic heterocycles. The quantitative estimate of drug-likeness (QED) is 0.236. The number of esters is 2. The fraction of sp³-hybridized carbons (Fsp3) is 0.212. The zero-order valence-corrected chi connectivity index (χ0v) is 25.8. The summed E-state index contributed by atoms with van der Waals surface area (Å²) in [6.07, 6.45) is 1.64. The molecule has 0 bridgehead atoms. The normalized spacial score (nSPS) is 14.5. The molecule has 11 heteroatoms. The van der Waals surface area contributed by atoms with E-state index in [-0.39, 0.29) is 31.0 Å². The Labute approximate surface area is 262 Å². The zero-order valence-electron chi connectivity index (χ0n) is 24.2. The van der Waals surface area contributed by atoms with Crippen LogP contribution in [-0.2, 0) is 19.1 Å². The van der Waals surface area contributed by atoms with Crippen molar-refractivity contribution in [2.45, 2.75) is 19.9 Å². The van der Waals surface area contributed by atoms with Crippen LogP contribution in [0, 0.1) is 0 Å². The second-order valence-corrected chi connectivity index (χ2v) is 10.9. The number of benzene rings is 3. The second kappa shape index (κ2) is 13.7. The Balaban J connectivity index is 1.74. The fourth-order valence-corrected chi connectivity index (χ4v) is 5.96. The molecule has 1 aliphatic rings. The van der Waals surface area contributed by atoms with Crippen LogP contribution >= 0.6 is 22.9 Å². The van der Waals surface area contributed by atoms with E-state index >= 15 is 0 Å². The molecule has 0 N–H and O–H groups in total. The van der Waals surface area contributed by atoms with Crippen molar-refractivity contribution in [1.29, 1.82) is 0 Å². The molecule has 0 spiro atoms. The topological polar surface area (TPSA) is 105 Å². The number of thiazole rings is 1. The molecule has 0 unspecified atom stereocenters. The van der Waals surface area contributed by atoms with E-state index in [9.17, 15) is 14.4 Å². The molecule has 0 aliphatic carbocycles. The first-order valence-corrected chi connectivity index (χ1v) is 15.0. The largest absolute Gasteiger partial charge is 0.497 e. The molecule has 0 fully saturated rings. The van der Waals surface area contributed by atoms with Crippen molar-refractivity contribution < 1.29 is 28.5 Å². The number of rotatable bonds is 10. The predicted octanol–water partition coefficient (Wildman–Crippen LogP) is 4.54. The molecule has 3 aromatic carbocycles. The third-order valence-electron chi connectivity index (χ3n) is 6.71. The number of carbonyl (C=O) groups excluding carboxylic acids is 2. The second-order valence-electron chi connectivity index (χ2n) is 9.48. The van der Waals surface area contributed by atoms with Gasteiger partial charge in [0.1, 0.15) is 11.5 Å². The maximum absolute atomic E-state index is 14.2. The summed E-state index contributed by atoms with van der Waals surface area (Å²) in [4.78, 5) is 45.0. The minimum absolute atomic E-state index is 0.146. The molecular formula is C33H29ClN2O7S.